The molecule has 0 spiro atoms. The minimum Gasteiger partial charge on any atom is -0.444 e. The molecule has 3 aromatic rings. The first-order valence-electron chi connectivity index (χ1n) is 8.58. The maximum atomic E-state index is 5.60. The van der Waals surface area contributed by atoms with Crippen LogP contribution in [0.2, 0.25) is 0 Å². The van der Waals surface area contributed by atoms with Gasteiger partial charge in [0.2, 0.25) is 5.89 Å². The van der Waals surface area contributed by atoms with Gasteiger partial charge in [0.15, 0.2) is 5.96 Å². The van der Waals surface area contributed by atoms with Crippen LogP contribution in [0.1, 0.15) is 29.8 Å². The topological polar surface area (TPSA) is 62.5 Å². The fraction of sp³-hybridized carbons (Fsp3) is 0.300. The molecule has 2 N–H and O–H groups in total. The quantitative estimate of drug-likeness (QED) is 0.551. The van der Waals surface area contributed by atoms with Gasteiger partial charge in [0.25, 0.3) is 0 Å². The number of aromatic nitrogens is 1. The highest BCUT2D eigenvalue weighted by Crippen LogP contribution is 2.16. The molecule has 25 heavy (non-hydrogen) atoms. The van der Waals surface area contributed by atoms with Crippen LogP contribution >= 0.6 is 0 Å². The summed E-state index contributed by atoms with van der Waals surface area (Å²) in [5, 5.41) is 9.00. The molecule has 0 bridgehead atoms. The smallest absolute Gasteiger partial charge is 0.214 e. The number of guanidine groups is 1. The van der Waals surface area contributed by atoms with Crippen LogP contribution in [0, 0.1) is 13.8 Å². The predicted octanol–water partition coefficient (Wildman–Crippen LogP) is 3.70. The molecular weight excluding hydrogens is 312 g/mol. The normalized spacial score (nSPS) is 11.7. The number of rotatable bonds is 5. The van der Waals surface area contributed by atoms with Crippen LogP contribution in [0.5, 0.6) is 0 Å². The van der Waals surface area contributed by atoms with Crippen molar-refractivity contribution in [1.82, 2.24) is 15.6 Å². The summed E-state index contributed by atoms with van der Waals surface area (Å²) < 4.78 is 5.60. The van der Waals surface area contributed by atoms with Gasteiger partial charge >= 0.3 is 0 Å². The summed E-state index contributed by atoms with van der Waals surface area (Å²) in [6.07, 6.45) is 0. The number of hydrogen-bond acceptors (Lipinski definition) is 3. The van der Waals surface area contributed by atoms with Crippen molar-refractivity contribution in [3.8, 4) is 0 Å². The summed E-state index contributed by atoms with van der Waals surface area (Å²) >= 11 is 0. The zero-order valence-electron chi connectivity index (χ0n) is 15.0. The summed E-state index contributed by atoms with van der Waals surface area (Å²) in [5.41, 5.74) is 2.11. The van der Waals surface area contributed by atoms with E-state index in [-0.39, 0.29) is 0 Å². The number of fused-ring (bicyclic) bond motifs is 1. The van der Waals surface area contributed by atoms with E-state index in [1.165, 1.54) is 16.3 Å². The average Bonchev–Trinajstić information content (AvgIpc) is 2.95. The second-order valence-corrected chi connectivity index (χ2v) is 5.98. The molecule has 2 aromatic carbocycles. The van der Waals surface area contributed by atoms with Gasteiger partial charge in [-0.05, 0) is 43.2 Å². The Morgan fingerprint density at radius 2 is 1.88 bits per heavy atom. The first-order valence-corrected chi connectivity index (χ1v) is 8.58. The lowest BCUT2D eigenvalue weighted by Crippen LogP contribution is -2.36. The Morgan fingerprint density at radius 3 is 2.60 bits per heavy atom. The first kappa shape index (κ1) is 17.0. The van der Waals surface area contributed by atoms with E-state index in [2.05, 4.69) is 63.1 Å². The van der Waals surface area contributed by atoms with Crippen LogP contribution in [0.3, 0.4) is 0 Å². The van der Waals surface area contributed by atoms with Crippen LogP contribution < -0.4 is 10.6 Å². The molecule has 1 heterocycles. The molecule has 1 aromatic heterocycles. The molecular formula is C20H24N4O. The zero-order chi connectivity index (χ0) is 17.6. The Balaban J connectivity index is 1.67. The van der Waals surface area contributed by atoms with Crippen LogP contribution in [-0.4, -0.2) is 17.5 Å². The molecule has 0 unspecified atom stereocenters. The van der Waals surface area contributed by atoms with Crippen molar-refractivity contribution in [2.75, 3.05) is 6.54 Å². The molecule has 3 rings (SSSR count). The van der Waals surface area contributed by atoms with Gasteiger partial charge in [-0.25, -0.2) is 9.98 Å². The average molecular weight is 336 g/mol. The van der Waals surface area contributed by atoms with Gasteiger partial charge in [0, 0.05) is 6.54 Å². The number of aryl methyl sites for hydroxylation is 2. The largest absolute Gasteiger partial charge is 0.444 e. The van der Waals surface area contributed by atoms with Crippen LogP contribution in [0.25, 0.3) is 10.8 Å². The standard InChI is InChI=1S/C20H24N4O/c1-4-21-20(23-13-19-24-14(2)15(3)25-19)22-12-16-9-10-17-7-5-6-8-18(17)11-16/h5-11H,4,12-13H2,1-3H3,(H2,21,22,23). The Morgan fingerprint density at radius 1 is 1.08 bits per heavy atom. The fourth-order valence-electron chi connectivity index (χ4n) is 2.62. The Kier molecular flexibility index (Phi) is 5.33. The van der Waals surface area contributed by atoms with E-state index in [1.807, 2.05) is 20.8 Å². The van der Waals surface area contributed by atoms with Crippen molar-refractivity contribution in [3.63, 3.8) is 0 Å². The molecule has 0 aliphatic rings. The third-order valence-corrected chi connectivity index (χ3v) is 4.06. The number of hydrogen-bond donors (Lipinski definition) is 2. The second-order valence-electron chi connectivity index (χ2n) is 5.98. The number of aliphatic imine (C=N–C) groups is 1. The highest BCUT2D eigenvalue weighted by Gasteiger charge is 2.06. The van der Waals surface area contributed by atoms with E-state index in [0.717, 1.165) is 24.0 Å². The van der Waals surface area contributed by atoms with E-state index in [1.54, 1.807) is 0 Å². The van der Waals surface area contributed by atoms with Crippen molar-refractivity contribution in [1.29, 1.82) is 0 Å². The lowest BCUT2D eigenvalue weighted by atomic mass is 10.1. The highest BCUT2D eigenvalue weighted by atomic mass is 16.4. The van der Waals surface area contributed by atoms with Crippen LogP contribution in [-0.2, 0) is 13.1 Å². The lowest BCUT2D eigenvalue weighted by molar-refractivity contribution is 0.463. The van der Waals surface area contributed by atoms with Gasteiger partial charge in [-0.1, -0.05) is 36.4 Å². The Bertz CT molecular complexity index is 863. The molecule has 5 heteroatoms. The summed E-state index contributed by atoms with van der Waals surface area (Å²) in [5.74, 6) is 2.28. The van der Waals surface area contributed by atoms with Crippen molar-refractivity contribution >= 4 is 16.7 Å². The summed E-state index contributed by atoms with van der Waals surface area (Å²) in [6, 6.07) is 14.8. The number of nitrogens with one attached hydrogen (secondary N) is 2. The van der Waals surface area contributed by atoms with E-state index in [9.17, 15) is 0 Å². The van der Waals surface area contributed by atoms with E-state index in [4.69, 9.17) is 4.42 Å². The second kappa shape index (κ2) is 7.83. The van der Waals surface area contributed by atoms with Crippen molar-refractivity contribution in [3.05, 3.63) is 65.4 Å². The van der Waals surface area contributed by atoms with Gasteiger partial charge in [0.05, 0.1) is 18.8 Å². The zero-order valence-corrected chi connectivity index (χ0v) is 15.0. The van der Waals surface area contributed by atoms with E-state index < -0.39 is 0 Å². The predicted molar refractivity (Wildman–Crippen MR) is 102 cm³/mol. The molecule has 0 fully saturated rings. The van der Waals surface area contributed by atoms with Gasteiger partial charge in [0.1, 0.15) is 5.76 Å². The SMILES string of the molecule is CCNC(=NCc1ccc2ccccc2c1)NCc1nc(C)c(C)o1. The third-order valence-electron chi connectivity index (χ3n) is 4.06. The molecule has 0 aliphatic carbocycles. The van der Waals surface area contributed by atoms with Crippen LogP contribution in [0.15, 0.2) is 51.9 Å². The maximum Gasteiger partial charge on any atom is 0.214 e. The fourth-order valence-corrected chi connectivity index (χ4v) is 2.62. The minimum atomic E-state index is 0.512. The molecule has 0 atom stereocenters. The molecule has 0 aliphatic heterocycles. The van der Waals surface area contributed by atoms with E-state index >= 15 is 0 Å². The number of nitrogens with zero attached hydrogens (tertiary/aromatic N) is 2. The minimum absolute atomic E-state index is 0.512. The molecule has 0 amide bonds. The monoisotopic (exact) mass is 336 g/mol. The van der Waals surface area contributed by atoms with Crippen molar-refractivity contribution in [2.45, 2.75) is 33.9 Å². The maximum absolute atomic E-state index is 5.60. The summed E-state index contributed by atoms with van der Waals surface area (Å²) in [6.45, 7) is 7.84. The van der Waals surface area contributed by atoms with Crippen LogP contribution in [0.4, 0.5) is 0 Å². The molecule has 130 valence electrons. The summed E-state index contributed by atoms with van der Waals surface area (Å²) in [7, 11) is 0. The van der Waals surface area contributed by atoms with Gasteiger partial charge < -0.3 is 15.1 Å². The molecule has 5 nitrogen and oxygen atoms in total. The molecule has 0 saturated carbocycles. The van der Waals surface area contributed by atoms with Gasteiger partial charge in [-0.2, -0.15) is 0 Å². The third kappa shape index (κ3) is 4.38. The number of oxazole rings is 1. The van der Waals surface area contributed by atoms with Gasteiger partial charge in [-0.15, -0.1) is 0 Å². The lowest BCUT2D eigenvalue weighted by Gasteiger charge is -2.10. The van der Waals surface area contributed by atoms with Crippen molar-refractivity contribution < 1.29 is 4.42 Å². The molecule has 0 saturated heterocycles. The first-order chi connectivity index (χ1) is 12.2. The Labute approximate surface area is 148 Å². The van der Waals surface area contributed by atoms with Crippen molar-refractivity contribution in [2.24, 2.45) is 4.99 Å². The molecule has 0 radical (unpaired) electrons. The Hall–Kier alpha value is -2.82. The van der Waals surface area contributed by atoms with Gasteiger partial charge in [-0.3, -0.25) is 0 Å². The summed E-state index contributed by atoms with van der Waals surface area (Å²) in [4.78, 5) is 9.04. The highest BCUT2D eigenvalue weighted by molar-refractivity contribution is 5.83. The van der Waals surface area contributed by atoms with E-state index in [0.29, 0.717) is 19.0 Å². The number of benzene rings is 2.